The molecule has 0 radical (unpaired) electrons. The topological polar surface area (TPSA) is 0 Å². The molecule has 0 aliphatic heterocycles. The van der Waals surface area contributed by atoms with Crippen molar-refractivity contribution in [1.82, 2.24) is 0 Å². The Morgan fingerprint density at radius 3 is 1.15 bits per heavy atom. The van der Waals surface area contributed by atoms with Crippen molar-refractivity contribution in [2.45, 2.75) is 106 Å². The molecule has 0 aromatic heterocycles. The second-order valence-electron chi connectivity index (χ2n) is 9.09. The van der Waals surface area contributed by atoms with Gasteiger partial charge in [0.05, 0.1) is 0 Å². The summed E-state index contributed by atoms with van der Waals surface area (Å²) in [5.41, 5.74) is 0.618. The van der Waals surface area contributed by atoms with E-state index < -0.39 is 0 Å². The van der Waals surface area contributed by atoms with E-state index >= 15 is 0 Å². The van der Waals surface area contributed by atoms with Gasteiger partial charge in [-0.25, -0.2) is 0 Å². The Morgan fingerprint density at radius 1 is 0.462 bits per heavy atom. The van der Waals surface area contributed by atoms with Crippen LogP contribution in [0.15, 0.2) is 48.6 Å². The molecule has 0 N–H and O–H groups in total. The zero-order valence-corrected chi connectivity index (χ0v) is 18.7. The molecule has 0 rings (SSSR count). The average molecular weight is 359 g/mol. The van der Waals surface area contributed by atoms with Crippen LogP contribution in [0.4, 0.5) is 0 Å². The van der Waals surface area contributed by atoms with Gasteiger partial charge in [0.15, 0.2) is 0 Å². The van der Waals surface area contributed by atoms with E-state index in [1.165, 1.54) is 64.2 Å². The third-order valence-electron chi connectivity index (χ3n) is 5.00. The molecule has 0 heteroatoms. The standard InChI is InChI=1S/C26H46/c1-7-9-11-17-21-25(3,4)23-19-15-13-14-16-20-24-26(5,6)22-18-12-10-8-2/h13-16,19-20,23-24H,7-12,17-18,21-22H2,1-6H3/b15-13+,16-14+,23-19+,24-20+. The van der Waals surface area contributed by atoms with Crippen LogP contribution >= 0.6 is 0 Å². The van der Waals surface area contributed by atoms with Crippen LogP contribution in [0.1, 0.15) is 106 Å². The van der Waals surface area contributed by atoms with Crippen LogP contribution in [0.2, 0.25) is 0 Å². The zero-order valence-electron chi connectivity index (χ0n) is 18.7. The van der Waals surface area contributed by atoms with E-state index in [2.05, 4.69) is 90.2 Å². The van der Waals surface area contributed by atoms with E-state index in [4.69, 9.17) is 0 Å². The molecule has 0 aromatic rings. The van der Waals surface area contributed by atoms with Crippen LogP contribution in [-0.4, -0.2) is 0 Å². The minimum absolute atomic E-state index is 0.309. The van der Waals surface area contributed by atoms with Crippen molar-refractivity contribution < 1.29 is 0 Å². The predicted octanol–water partition coefficient (Wildman–Crippen LogP) is 9.20. The van der Waals surface area contributed by atoms with Gasteiger partial charge in [0.1, 0.15) is 0 Å². The van der Waals surface area contributed by atoms with E-state index in [0.29, 0.717) is 10.8 Å². The van der Waals surface area contributed by atoms with Crippen LogP contribution in [0, 0.1) is 10.8 Å². The third kappa shape index (κ3) is 16.4. The third-order valence-corrected chi connectivity index (χ3v) is 5.00. The molecule has 0 saturated heterocycles. The van der Waals surface area contributed by atoms with Gasteiger partial charge in [-0.15, -0.1) is 0 Å². The van der Waals surface area contributed by atoms with Gasteiger partial charge in [-0.05, 0) is 23.7 Å². The molecule has 0 nitrogen and oxygen atoms in total. The van der Waals surface area contributed by atoms with Crippen molar-refractivity contribution in [3.05, 3.63) is 48.6 Å². The first kappa shape index (κ1) is 25.0. The summed E-state index contributed by atoms with van der Waals surface area (Å²) in [5, 5.41) is 0. The van der Waals surface area contributed by atoms with E-state index in [1.54, 1.807) is 0 Å². The Hall–Kier alpha value is -1.04. The van der Waals surface area contributed by atoms with Crippen molar-refractivity contribution >= 4 is 0 Å². The van der Waals surface area contributed by atoms with Crippen molar-refractivity contribution in [1.29, 1.82) is 0 Å². The monoisotopic (exact) mass is 358 g/mol. The number of allylic oxidation sites excluding steroid dienone is 8. The van der Waals surface area contributed by atoms with Gasteiger partial charge in [0.2, 0.25) is 0 Å². The minimum Gasteiger partial charge on any atom is -0.0789 e. The van der Waals surface area contributed by atoms with Gasteiger partial charge >= 0.3 is 0 Å². The zero-order chi connectivity index (χ0) is 19.7. The fourth-order valence-electron chi connectivity index (χ4n) is 3.07. The molecule has 0 aliphatic rings. The maximum atomic E-state index is 2.35. The summed E-state index contributed by atoms with van der Waals surface area (Å²) >= 11 is 0. The molecule has 0 unspecified atom stereocenters. The maximum Gasteiger partial charge on any atom is -0.0172 e. The summed E-state index contributed by atoms with van der Waals surface area (Å²) < 4.78 is 0. The summed E-state index contributed by atoms with van der Waals surface area (Å²) in [4.78, 5) is 0. The van der Waals surface area contributed by atoms with Gasteiger partial charge < -0.3 is 0 Å². The van der Waals surface area contributed by atoms with Gasteiger partial charge in [-0.2, -0.15) is 0 Å². The van der Waals surface area contributed by atoms with Crippen LogP contribution in [0.5, 0.6) is 0 Å². The summed E-state index contributed by atoms with van der Waals surface area (Å²) in [6.07, 6.45) is 31.0. The fourth-order valence-corrected chi connectivity index (χ4v) is 3.07. The lowest BCUT2D eigenvalue weighted by Gasteiger charge is -2.19. The Kier molecular flexibility index (Phi) is 14.5. The van der Waals surface area contributed by atoms with Gasteiger partial charge in [0, 0.05) is 0 Å². The van der Waals surface area contributed by atoms with Crippen LogP contribution < -0.4 is 0 Å². The number of rotatable bonds is 15. The second-order valence-corrected chi connectivity index (χ2v) is 9.09. The summed E-state index contributed by atoms with van der Waals surface area (Å²) in [5.74, 6) is 0. The molecule has 0 saturated carbocycles. The molecule has 26 heavy (non-hydrogen) atoms. The lowest BCUT2D eigenvalue weighted by Crippen LogP contribution is -2.06. The molecule has 0 aromatic carbocycles. The average Bonchev–Trinajstić information content (AvgIpc) is 2.58. The van der Waals surface area contributed by atoms with E-state index in [1.807, 2.05) is 0 Å². The molecular formula is C26H46. The molecule has 0 amide bonds. The first-order valence-corrected chi connectivity index (χ1v) is 11.0. The number of hydrogen-bond acceptors (Lipinski definition) is 0. The lowest BCUT2D eigenvalue weighted by molar-refractivity contribution is 0.410. The first-order valence-electron chi connectivity index (χ1n) is 11.0. The lowest BCUT2D eigenvalue weighted by atomic mass is 9.86. The summed E-state index contributed by atoms with van der Waals surface area (Å²) in [6, 6.07) is 0. The van der Waals surface area contributed by atoms with E-state index in [0.717, 1.165) is 0 Å². The van der Waals surface area contributed by atoms with Gasteiger partial charge in [-0.3, -0.25) is 0 Å². The highest BCUT2D eigenvalue weighted by Gasteiger charge is 2.12. The summed E-state index contributed by atoms with van der Waals surface area (Å²) in [6.45, 7) is 13.9. The van der Waals surface area contributed by atoms with Crippen LogP contribution in [-0.2, 0) is 0 Å². The maximum absolute atomic E-state index is 2.35. The highest BCUT2D eigenvalue weighted by molar-refractivity contribution is 5.17. The molecule has 0 aliphatic carbocycles. The molecule has 0 atom stereocenters. The Bertz CT molecular complexity index is 387. The van der Waals surface area contributed by atoms with Crippen LogP contribution in [0.3, 0.4) is 0 Å². The number of hydrogen-bond donors (Lipinski definition) is 0. The van der Waals surface area contributed by atoms with Crippen molar-refractivity contribution in [2.24, 2.45) is 10.8 Å². The Labute approximate surface area is 165 Å². The quantitative estimate of drug-likeness (QED) is 0.202. The normalized spacial score (nSPS) is 13.9. The molecule has 0 fully saturated rings. The van der Waals surface area contributed by atoms with Crippen LogP contribution in [0.25, 0.3) is 0 Å². The van der Waals surface area contributed by atoms with Gasteiger partial charge in [-0.1, -0.05) is 142 Å². The minimum atomic E-state index is 0.309. The molecular weight excluding hydrogens is 312 g/mol. The second kappa shape index (κ2) is 15.1. The molecule has 0 bridgehead atoms. The fraction of sp³-hybridized carbons (Fsp3) is 0.692. The van der Waals surface area contributed by atoms with Crippen molar-refractivity contribution in [2.75, 3.05) is 0 Å². The van der Waals surface area contributed by atoms with Crippen molar-refractivity contribution in [3.8, 4) is 0 Å². The molecule has 150 valence electrons. The highest BCUT2D eigenvalue weighted by atomic mass is 14.2. The van der Waals surface area contributed by atoms with E-state index in [-0.39, 0.29) is 0 Å². The highest BCUT2D eigenvalue weighted by Crippen LogP contribution is 2.26. The smallest absolute Gasteiger partial charge is 0.0172 e. The first-order chi connectivity index (χ1) is 12.3. The largest absolute Gasteiger partial charge is 0.0789 e. The molecule has 0 spiro atoms. The Morgan fingerprint density at radius 2 is 0.808 bits per heavy atom. The van der Waals surface area contributed by atoms with E-state index in [9.17, 15) is 0 Å². The Balaban J connectivity index is 4.11. The SMILES string of the molecule is CCCCCCC(C)(C)/C=C/C=C/C=C/C=C/C(C)(C)CCCCCC. The predicted molar refractivity (Wildman–Crippen MR) is 122 cm³/mol. The van der Waals surface area contributed by atoms with Crippen molar-refractivity contribution in [3.63, 3.8) is 0 Å². The summed E-state index contributed by atoms with van der Waals surface area (Å²) in [7, 11) is 0. The van der Waals surface area contributed by atoms with Gasteiger partial charge in [0.25, 0.3) is 0 Å². The number of unbranched alkanes of at least 4 members (excludes halogenated alkanes) is 6. The molecule has 0 heterocycles.